The van der Waals surface area contributed by atoms with Gasteiger partial charge in [-0.3, -0.25) is 15.5 Å². The number of fused-ring (bicyclic) bond motifs is 1. The third kappa shape index (κ3) is 4.17. The molecule has 0 saturated heterocycles. The van der Waals surface area contributed by atoms with Crippen LogP contribution in [0.4, 0.5) is 5.69 Å². The van der Waals surface area contributed by atoms with E-state index < -0.39 is 11.5 Å². The Morgan fingerprint density at radius 2 is 1.92 bits per heavy atom. The molecule has 3 aromatic rings. The normalized spacial score (nSPS) is 12.0. The number of furan rings is 1. The number of nitrogens with zero attached hydrogens (tertiary/aromatic N) is 3. The standard InChI is InChI=1S/C17H13ClN4O4/c18-11-5-7-12(8-6-11)20-16(10-22(24)25)21-19-9-15-13-3-1-2-4-14(13)17(23)26-15/h1-9,23H,10H2,(H,20,21). The molecule has 2 aromatic carbocycles. The van der Waals surface area contributed by atoms with Gasteiger partial charge in [0.05, 0.1) is 17.3 Å². The van der Waals surface area contributed by atoms with Crippen molar-refractivity contribution in [2.75, 3.05) is 6.54 Å². The zero-order chi connectivity index (χ0) is 18.5. The SMILES string of the molecule is O=[N+]([O-])CC(=Nc1ccc(Cl)cc1)NN=Cc1oc(O)c2ccccc12. The number of hydrogen-bond acceptors (Lipinski definition) is 6. The van der Waals surface area contributed by atoms with Crippen molar-refractivity contribution < 1.29 is 14.4 Å². The van der Waals surface area contributed by atoms with Crippen LogP contribution in [0.2, 0.25) is 5.02 Å². The Bertz CT molecular complexity index is 996. The van der Waals surface area contributed by atoms with Crippen molar-refractivity contribution >= 4 is 40.1 Å². The highest BCUT2D eigenvalue weighted by molar-refractivity contribution is 6.30. The number of aliphatic imine (C=N–C) groups is 1. The first-order valence-electron chi connectivity index (χ1n) is 7.47. The molecule has 0 unspecified atom stereocenters. The van der Waals surface area contributed by atoms with E-state index in [1.165, 1.54) is 6.21 Å². The van der Waals surface area contributed by atoms with Crippen molar-refractivity contribution in [2.24, 2.45) is 10.1 Å². The Labute approximate surface area is 152 Å². The number of amidine groups is 1. The highest BCUT2D eigenvalue weighted by atomic mass is 35.5. The number of nitro groups is 1. The fraction of sp³-hybridized carbons (Fsp3) is 0.0588. The third-order valence-electron chi connectivity index (χ3n) is 3.37. The van der Waals surface area contributed by atoms with Crippen LogP contribution >= 0.6 is 11.6 Å². The van der Waals surface area contributed by atoms with Crippen LogP contribution in [0.1, 0.15) is 5.76 Å². The lowest BCUT2D eigenvalue weighted by Crippen LogP contribution is -2.26. The van der Waals surface area contributed by atoms with Crippen molar-refractivity contribution in [3.63, 3.8) is 0 Å². The van der Waals surface area contributed by atoms with E-state index in [2.05, 4.69) is 15.5 Å². The largest absolute Gasteiger partial charge is 0.480 e. The Balaban J connectivity index is 1.81. The smallest absolute Gasteiger partial charge is 0.290 e. The molecule has 26 heavy (non-hydrogen) atoms. The summed E-state index contributed by atoms with van der Waals surface area (Å²) in [5.41, 5.74) is 3.04. The second kappa shape index (κ2) is 7.66. The van der Waals surface area contributed by atoms with Crippen molar-refractivity contribution in [3.05, 3.63) is 69.4 Å². The molecule has 0 spiro atoms. The zero-order valence-electron chi connectivity index (χ0n) is 13.3. The maximum atomic E-state index is 10.8. The van der Waals surface area contributed by atoms with Crippen LogP contribution in [0.25, 0.3) is 10.8 Å². The molecule has 9 heteroatoms. The highest BCUT2D eigenvalue weighted by Gasteiger charge is 2.11. The summed E-state index contributed by atoms with van der Waals surface area (Å²) in [6.07, 6.45) is 1.32. The second-order valence-electron chi connectivity index (χ2n) is 5.21. The minimum atomic E-state index is -0.538. The molecule has 0 amide bonds. The zero-order valence-corrected chi connectivity index (χ0v) is 14.1. The molecule has 0 atom stereocenters. The average molecular weight is 373 g/mol. The summed E-state index contributed by atoms with van der Waals surface area (Å²) in [5, 5.41) is 26.3. The predicted molar refractivity (Wildman–Crippen MR) is 99.0 cm³/mol. The molecule has 0 aliphatic carbocycles. The molecule has 2 N–H and O–H groups in total. The molecule has 0 fully saturated rings. The van der Waals surface area contributed by atoms with Gasteiger partial charge in [-0.25, -0.2) is 4.99 Å². The molecular formula is C17H13ClN4O4. The van der Waals surface area contributed by atoms with E-state index in [1.54, 1.807) is 48.5 Å². The Hall–Kier alpha value is -3.39. The molecule has 132 valence electrons. The van der Waals surface area contributed by atoms with E-state index in [0.717, 1.165) is 0 Å². The number of rotatable bonds is 5. The second-order valence-corrected chi connectivity index (χ2v) is 5.65. The summed E-state index contributed by atoms with van der Waals surface area (Å²) in [6.45, 7) is -0.538. The fourth-order valence-corrected chi connectivity index (χ4v) is 2.38. The molecule has 0 radical (unpaired) electrons. The molecule has 0 aliphatic heterocycles. The van der Waals surface area contributed by atoms with Gasteiger partial charge in [-0.15, -0.1) is 0 Å². The van der Waals surface area contributed by atoms with E-state index in [-0.39, 0.29) is 11.8 Å². The van der Waals surface area contributed by atoms with E-state index in [4.69, 9.17) is 16.0 Å². The van der Waals surface area contributed by atoms with Crippen molar-refractivity contribution in [2.45, 2.75) is 0 Å². The number of hydrazone groups is 1. The Kier molecular flexibility index (Phi) is 5.14. The molecule has 0 bridgehead atoms. The lowest BCUT2D eigenvalue weighted by Gasteiger charge is -2.01. The van der Waals surface area contributed by atoms with Crippen LogP contribution < -0.4 is 5.43 Å². The van der Waals surface area contributed by atoms with Crippen molar-refractivity contribution in [3.8, 4) is 5.95 Å². The highest BCUT2D eigenvalue weighted by Crippen LogP contribution is 2.29. The Morgan fingerprint density at radius 3 is 2.62 bits per heavy atom. The number of hydrogen-bond donors (Lipinski definition) is 2. The first-order valence-corrected chi connectivity index (χ1v) is 7.85. The van der Waals surface area contributed by atoms with Crippen molar-refractivity contribution in [1.29, 1.82) is 0 Å². The third-order valence-corrected chi connectivity index (χ3v) is 3.63. The predicted octanol–water partition coefficient (Wildman–Crippen LogP) is 3.72. The lowest BCUT2D eigenvalue weighted by atomic mass is 10.2. The van der Waals surface area contributed by atoms with Gasteiger partial charge in [0, 0.05) is 15.3 Å². The molecule has 0 aliphatic rings. The van der Waals surface area contributed by atoms with Crippen LogP contribution in [0.15, 0.2) is 63.0 Å². The minimum Gasteiger partial charge on any atom is -0.480 e. The van der Waals surface area contributed by atoms with Gasteiger partial charge in [-0.2, -0.15) is 5.10 Å². The quantitative estimate of drug-likeness (QED) is 0.306. The van der Waals surface area contributed by atoms with Crippen LogP contribution in [0.5, 0.6) is 5.95 Å². The topological polar surface area (TPSA) is 113 Å². The minimum absolute atomic E-state index is 0.0358. The number of halogens is 1. The summed E-state index contributed by atoms with van der Waals surface area (Å²) >= 11 is 5.81. The Morgan fingerprint density at radius 1 is 1.23 bits per heavy atom. The maximum Gasteiger partial charge on any atom is 0.290 e. The number of benzene rings is 2. The summed E-state index contributed by atoms with van der Waals surface area (Å²) in [5.74, 6) is 0.133. The van der Waals surface area contributed by atoms with Gasteiger partial charge in [-0.1, -0.05) is 29.8 Å². The summed E-state index contributed by atoms with van der Waals surface area (Å²) in [4.78, 5) is 14.5. The van der Waals surface area contributed by atoms with E-state index in [9.17, 15) is 15.2 Å². The van der Waals surface area contributed by atoms with Gasteiger partial charge in [0.25, 0.3) is 12.5 Å². The summed E-state index contributed by atoms with van der Waals surface area (Å²) < 4.78 is 5.24. The monoisotopic (exact) mass is 372 g/mol. The maximum absolute atomic E-state index is 10.8. The molecule has 0 saturated carbocycles. The van der Waals surface area contributed by atoms with E-state index >= 15 is 0 Å². The molecule has 1 aromatic heterocycles. The number of nitrogens with one attached hydrogen (secondary N) is 1. The van der Waals surface area contributed by atoms with E-state index in [1.807, 2.05) is 0 Å². The fourth-order valence-electron chi connectivity index (χ4n) is 2.25. The van der Waals surface area contributed by atoms with Gasteiger partial charge >= 0.3 is 0 Å². The van der Waals surface area contributed by atoms with Crippen LogP contribution in [0, 0.1) is 10.1 Å². The van der Waals surface area contributed by atoms with Crippen LogP contribution in [-0.2, 0) is 0 Å². The van der Waals surface area contributed by atoms with Gasteiger partial charge in [0.15, 0.2) is 11.6 Å². The lowest BCUT2D eigenvalue weighted by molar-refractivity contribution is -0.463. The first-order chi connectivity index (χ1) is 12.5. The average Bonchev–Trinajstić information content (AvgIpc) is 2.93. The molecule has 8 nitrogen and oxygen atoms in total. The molecule has 1 heterocycles. The van der Waals surface area contributed by atoms with Crippen LogP contribution in [0.3, 0.4) is 0 Å². The molecular weight excluding hydrogens is 360 g/mol. The summed E-state index contributed by atoms with van der Waals surface area (Å²) in [6, 6.07) is 13.6. The van der Waals surface area contributed by atoms with Gasteiger partial charge < -0.3 is 9.52 Å². The number of aromatic hydroxyl groups is 1. The summed E-state index contributed by atoms with van der Waals surface area (Å²) in [7, 11) is 0. The van der Waals surface area contributed by atoms with Crippen molar-refractivity contribution in [1.82, 2.24) is 5.43 Å². The van der Waals surface area contributed by atoms with Gasteiger partial charge in [0.2, 0.25) is 0 Å². The van der Waals surface area contributed by atoms with Gasteiger partial charge in [-0.05, 0) is 30.3 Å². The first kappa shape index (κ1) is 17.4. The molecule has 3 rings (SSSR count). The van der Waals surface area contributed by atoms with E-state index in [0.29, 0.717) is 27.2 Å². The van der Waals surface area contributed by atoms with Gasteiger partial charge in [0.1, 0.15) is 0 Å². The van der Waals surface area contributed by atoms with Crippen LogP contribution in [-0.4, -0.2) is 28.6 Å².